The molecule has 1 unspecified atom stereocenters. The number of benzene rings is 1. The molecule has 0 bridgehead atoms. The fourth-order valence-corrected chi connectivity index (χ4v) is 3.08. The third-order valence-corrected chi connectivity index (χ3v) is 4.20. The van der Waals surface area contributed by atoms with Crippen LogP contribution in [-0.4, -0.2) is 15.7 Å². The summed E-state index contributed by atoms with van der Waals surface area (Å²) in [6, 6.07) is 9.74. The summed E-state index contributed by atoms with van der Waals surface area (Å²) in [5.74, 6) is 1.11. The molecule has 1 aliphatic rings. The summed E-state index contributed by atoms with van der Waals surface area (Å²) in [5.41, 5.74) is 1.79. The van der Waals surface area contributed by atoms with Gasteiger partial charge in [-0.15, -0.1) is 0 Å². The third kappa shape index (κ3) is 3.47. The van der Waals surface area contributed by atoms with E-state index in [0.29, 0.717) is 18.2 Å². The molecule has 1 aliphatic carbocycles. The SMILES string of the molecule is Cc1cc(NC(=O)CC2C=CCC2)n(-c2cccc(Br)c2)n1. The van der Waals surface area contributed by atoms with E-state index in [1.165, 1.54) is 0 Å². The number of anilines is 1. The minimum Gasteiger partial charge on any atom is -0.311 e. The maximum absolute atomic E-state index is 12.2. The number of carbonyl (C=O) groups is 1. The lowest BCUT2D eigenvalue weighted by molar-refractivity contribution is -0.116. The normalized spacial score (nSPS) is 16.9. The second kappa shape index (κ2) is 6.48. The van der Waals surface area contributed by atoms with Crippen LogP contribution < -0.4 is 5.32 Å². The first-order valence-electron chi connectivity index (χ1n) is 7.41. The van der Waals surface area contributed by atoms with Crippen LogP contribution in [0.15, 0.2) is 47.0 Å². The minimum absolute atomic E-state index is 0.0349. The predicted molar refractivity (Wildman–Crippen MR) is 91.1 cm³/mol. The second-order valence-corrected chi connectivity index (χ2v) is 6.50. The Morgan fingerprint density at radius 1 is 1.45 bits per heavy atom. The maximum Gasteiger partial charge on any atom is 0.226 e. The van der Waals surface area contributed by atoms with Crippen LogP contribution in [0, 0.1) is 12.8 Å². The van der Waals surface area contributed by atoms with Gasteiger partial charge in [-0.2, -0.15) is 5.10 Å². The first-order valence-corrected chi connectivity index (χ1v) is 8.20. The summed E-state index contributed by atoms with van der Waals surface area (Å²) >= 11 is 3.46. The van der Waals surface area contributed by atoms with Gasteiger partial charge >= 0.3 is 0 Å². The number of nitrogens with zero attached hydrogens (tertiary/aromatic N) is 2. The van der Waals surface area contributed by atoms with Crippen LogP contribution >= 0.6 is 15.9 Å². The number of aromatic nitrogens is 2. The first kappa shape index (κ1) is 15.0. The number of nitrogens with one attached hydrogen (secondary N) is 1. The van der Waals surface area contributed by atoms with Crippen molar-refractivity contribution < 1.29 is 4.79 Å². The van der Waals surface area contributed by atoms with Crippen LogP contribution in [-0.2, 0) is 4.79 Å². The lowest BCUT2D eigenvalue weighted by Crippen LogP contribution is -2.17. The Morgan fingerprint density at radius 3 is 3.05 bits per heavy atom. The molecule has 0 saturated carbocycles. The Bertz CT molecular complexity index is 720. The number of allylic oxidation sites excluding steroid dienone is 2. The molecule has 3 rings (SSSR count). The van der Waals surface area contributed by atoms with Crippen LogP contribution in [0.5, 0.6) is 0 Å². The van der Waals surface area contributed by atoms with Crippen molar-refractivity contribution in [2.45, 2.75) is 26.2 Å². The molecule has 0 spiro atoms. The fourth-order valence-electron chi connectivity index (χ4n) is 2.69. The van der Waals surface area contributed by atoms with Gasteiger partial charge in [-0.25, -0.2) is 4.68 Å². The smallest absolute Gasteiger partial charge is 0.226 e. The van der Waals surface area contributed by atoms with Crippen molar-refractivity contribution in [1.82, 2.24) is 9.78 Å². The summed E-state index contributed by atoms with van der Waals surface area (Å²) in [5, 5.41) is 7.46. The average molecular weight is 360 g/mol. The Kier molecular flexibility index (Phi) is 4.43. The van der Waals surface area contributed by atoms with Gasteiger partial charge in [0.15, 0.2) is 0 Å². The molecule has 2 aromatic rings. The highest BCUT2D eigenvalue weighted by atomic mass is 79.9. The van der Waals surface area contributed by atoms with E-state index < -0.39 is 0 Å². The highest BCUT2D eigenvalue weighted by molar-refractivity contribution is 9.10. The maximum atomic E-state index is 12.2. The third-order valence-electron chi connectivity index (χ3n) is 3.71. The summed E-state index contributed by atoms with van der Waals surface area (Å²) in [6.45, 7) is 1.92. The summed E-state index contributed by atoms with van der Waals surface area (Å²) in [7, 11) is 0. The Labute approximate surface area is 138 Å². The Hall–Kier alpha value is -1.88. The summed E-state index contributed by atoms with van der Waals surface area (Å²) < 4.78 is 2.74. The zero-order chi connectivity index (χ0) is 15.5. The Morgan fingerprint density at radius 2 is 2.32 bits per heavy atom. The number of hydrogen-bond donors (Lipinski definition) is 1. The molecule has 1 N–H and O–H groups in total. The van der Waals surface area contributed by atoms with Gasteiger partial charge in [-0.3, -0.25) is 4.79 Å². The number of halogens is 1. The van der Waals surface area contributed by atoms with E-state index in [0.717, 1.165) is 28.7 Å². The van der Waals surface area contributed by atoms with Gasteiger partial charge < -0.3 is 5.32 Å². The highest BCUT2D eigenvalue weighted by Crippen LogP contribution is 2.23. The minimum atomic E-state index is 0.0349. The van der Waals surface area contributed by atoms with Crippen molar-refractivity contribution in [1.29, 1.82) is 0 Å². The zero-order valence-corrected chi connectivity index (χ0v) is 14.0. The largest absolute Gasteiger partial charge is 0.311 e. The van der Waals surface area contributed by atoms with Gasteiger partial charge in [-0.05, 0) is 43.9 Å². The van der Waals surface area contributed by atoms with Gasteiger partial charge in [0.25, 0.3) is 0 Å². The zero-order valence-electron chi connectivity index (χ0n) is 12.4. The van der Waals surface area contributed by atoms with E-state index in [1.807, 2.05) is 37.3 Å². The van der Waals surface area contributed by atoms with Crippen LogP contribution in [0.4, 0.5) is 5.82 Å². The van der Waals surface area contributed by atoms with Gasteiger partial charge in [0.2, 0.25) is 5.91 Å². The van der Waals surface area contributed by atoms with Gasteiger partial charge in [0.1, 0.15) is 5.82 Å². The molecule has 1 aromatic heterocycles. The first-order chi connectivity index (χ1) is 10.6. The number of aryl methyl sites for hydroxylation is 1. The lowest BCUT2D eigenvalue weighted by atomic mass is 10.1. The van der Waals surface area contributed by atoms with Crippen LogP contribution in [0.1, 0.15) is 25.0 Å². The molecule has 0 radical (unpaired) electrons. The second-order valence-electron chi connectivity index (χ2n) is 5.58. The monoisotopic (exact) mass is 359 g/mol. The van der Waals surface area contributed by atoms with Gasteiger partial charge in [0.05, 0.1) is 11.4 Å². The summed E-state index contributed by atoms with van der Waals surface area (Å²) in [6.07, 6.45) is 6.95. The molecule has 114 valence electrons. The van der Waals surface area contributed by atoms with Crippen molar-refractivity contribution >= 4 is 27.7 Å². The lowest BCUT2D eigenvalue weighted by Gasteiger charge is -2.11. The topological polar surface area (TPSA) is 46.9 Å². The number of rotatable bonds is 4. The molecule has 1 heterocycles. The van der Waals surface area contributed by atoms with Gasteiger partial charge in [0, 0.05) is 17.0 Å². The van der Waals surface area contributed by atoms with Crippen molar-refractivity contribution in [3.05, 3.63) is 52.7 Å². The molecule has 22 heavy (non-hydrogen) atoms. The van der Waals surface area contributed by atoms with E-state index in [-0.39, 0.29) is 5.91 Å². The van der Waals surface area contributed by atoms with E-state index in [1.54, 1.807) is 4.68 Å². The van der Waals surface area contributed by atoms with Crippen molar-refractivity contribution in [3.8, 4) is 5.69 Å². The highest BCUT2D eigenvalue weighted by Gasteiger charge is 2.16. The van der Waals surface area contributed by atoms with Crippen LogP contribution in [0.2, 0.25) is 0 Å². The average Bonchev–Trinajstić information content (AvgIpc) is 3.08. The quantitative estimate of drug-likeness (QED) is 0.829. The van der Waals surface area contributed by atoms with E-state index in [4.69, 9.17) is 0 Å². The molecule has 1 aromatic carbocycles. The van der Waals surface area contributed by atoms with Crippen molar-refractivity contribution in [2.24, 2.45) is 5.92 Å². The molecular weight excluding hydrogens is 342 g/mol. The molecule has 1 amide bonds. The molecular formula is C17H18BrN3O. The molecule has 0 fully saturated rings. The number of hydrogen-bond acceptors (Lipinski definition) is 2. The van der Waals surface area contributed by atoms with Crippen LogP contribution in [0.3, 0.4) is 0 Å². The van der Waals surface area contributed by atoms with E-state index in [9.17, 15) is 4.79 Å². The molecule has 5 heteroatoms. The standard InChI is InChI=1S/C17H18BrN3O/c1-12-9-16(19-17(22)10-13-5-2-3-6-13)21(20-12)15-8-4-7-14(18)11-15/h2,4-5,7-9,11,13H,3,6,10H2,1H3,(H,19,22). The van der Waals surface area contributed by atoms with Crippen molar-refractivity contribution in [3.63, 3.8) is 0 Å². The molecule has 4 nitrogen and oxygen atoms in total. The van der Waals surface area contributed by atoms with Gasteiger partial charge in [-0.1, -0.05) is 34.1 Å². The molecule has 0 saturated heterocycles. The van der Waals surface area contributed by atoms with E-state index >= 15 is 0 Å². The van der Waals surface area contributed by atoms with Crippen molar-refractivity contribution in [2.75, 3.05) is 5.32 Å². The predicted octanol–water partition coefficient (Wildman–Crippen LogP) is 4.24. The van der Waals surface area contributed by atoms with Crippen LogP contribution in [0.25, 0.3) is 5.69 Å². The fraction of sp³-hybridized carbons (Fsp3) is 0.294. The molecule has 1 atom stereocenters. The van der Waals surface area contributed by atoms with E-state index in [2.05, 4.69) is 38.5 Å². The molecule has 0 aliphatic heterocycles. The number of amides is 1. The Balaban J connectivity index is 1.79. The summed E-state index contributed by atoms with van der Waals surface area (Å²) in [4.78, 5) is 12.2. The number of carbonyl (C=O) groups excluding carboxylic acids is 1.